The molecule has 0 unspecified atom stereocenters. The fourth-order valence-electron chi connectivity index (χ4n) is 3.22. The summed E-state index contributed by atoms with van der Waals surface area (Å²) in [5.41, 5.74) is 2.89. The Morgan fingerprint density at radius 3 is 2.74 bits per heavy atom. The molecule has 1 aliphatic rings. The Labute approximate surface area is 186 Å². The monoisotopic (exact) mass is 435 g/mol. The number of urea groups is 1. The largest absolute Gasteiger partial charge is 0.378 e. The normalized spacial score (nSPS) is 13.6. The van der Waals surface area contributed by atoms with E-state index in [9.17, 15) is 4.79 Å². The van der Waals surface area contributed by atoms with Gasteiger partial charge in [0, 0.05) is 43.5 Å². The van der Waals surface area contributed by atoms with Crippen molar-refractivity contribution in [2.24, 2.45) is 0 Å². The van der Waals surface area contributed by atoms with E-state index in [1.54, 1.807) is 24.2 Å². The summed E-state index contributed by atoms with van der Waals surface area (Å²) in [5, 5.41) is 6.81. The van der Waals surface area contributed by atoms with Gasteiger partial charge in [-0.05, 0) is 47.5 Å². The maximum absolute atomic E-state index is 12.4. The molecule has 0 radical (unpaired) electrons. The lowest BCUT2D eigenvalue weighted by Gasteiger charge is -2.28. The number of thioether (sulfide) groups is 1. The predicted molar refractivity (Wildman–Crippen MR) is 123 cm³/mol. The Morgan fingerprint density at radius 2 is 1.90 bits per heavy atom. The second-order valence-electron chi connectivity index (χ2n) is 7.09. The molecule has 1 saturated heterocycles. The molecule has 7 nitrogen and oxygen atoms in total. The van der Waals surface area contributed by atoms with E-state index in [0.717, 1.165) is 46.5 Å². The number of hydrogen-bond acceptors (Lipinski definition) is 6. The molecule has 1 aromatic carbocycles. The molecule has 3 heterocycles. The maximum atomic E-state index is 12.4. The summed E-state index contributed by atoms with van der Waals surface area (Å²) in [6.07, 6.45) is 3.57. The van der Waals surface area contributed by atoms with Crippen molar-refractivity contribution in [2.75, 3.05) is 36.5 Å². The SMILES string of the molecule is O=C(NCc1ccnc(N2CCOCC2)c1)Nc1cccc(CSc2ccccn2)c1. The van der Waals surface area contributed by atoms with E-state index in [4.69, 9.17) is 4.74 Å². The number of morpholine rings is 1. The first kappa shape index (κ1) is 21.1. The Morgan fingerprint density at radius 1 is 1.00 bits per heavy atom. The second-order valence-corrected chi connectivity index (χ2v) is 8.08. The van der Waals surface area contributed by atoms with E-state index >= 15 is 0 Å². The van der Waals surface area contributed by atoms with Crippen LogP contribution in [0.4, 0.5) is 16.3 Å². The molecule has 3 aromatic rings. The van der Waals surface area contributed by atoms with Crippen LogP contribution in [0.3, 0.4) is 0 Å². The van der Waals surface area contributed by atoms with E-state index in [0.29, 0.717) is 19.8 Å². The number of hydrogen-bond donors (Lipinski definition) is 2. The Bertz CT molecular complexity index is 996. The van der Waals surface area contributed by atoms with Gasteiger partial charge in [0.2, 0.25) is 0 Å². The number of ether oxygens (including phenoxy) is 1. The average Bonchev–Trinajstić information content (AvgIpc) is 2.83. The Kier molecular flexibility index (Phi) is 7.36. The minimum absolute atomic E-state index is 0.237. The number of nitrogens with zero attached hydrogens (tertiary/aromatic N) is 3. The summed E-state index contributed by atoms with van der Waals surface area (Å²) in [4.78, 5) is 23.3. The molecule has 0 spiro atoms. The molecule has 1 aliphatic heterocycles. The van der Waals surface area contributed by atoms with Crippen molar-refractivity contribution in [1.29, 1.82) is 0 Å². The molecule has 0 atom stereocenters. The summed E-state index contributed by atoms with van der Waals surface area (Å²) >= 11 is 1.66. The number of carbonyl (C=O) groups excluding carboxylic acids is 1. The number of rotatable bonds is 7. The van der Waals surface area contributed by atoms with Gasteiger partial charge in [0.1, 0.15) is 5.82 Å². The van der Waals surface area contributed by atoms with Gasteiger partial charge in [0.25, 0.3) is 0 Å². The van der Waals surface area contributed by atoms with Crippen LogP contribution in [0.1, 0.15) is 11.1 Å². The van der Waals surface area contributed by atoms with Crippen molar-refractivity contribution in [3.8, 4) is 0 Å². The first-order chi connectivity index (χ1) is 15.3. The lowest BCUT2D eigenvalue weighted by atomic mass is 10.2. The van der Waals surface area contributed by atoms with E-state index < -0.39 is 0 Å². The number of anilines is 2. The molecule has 160 valence electrons. The molecular weight excluding hydrogens is 410 g/mol. The van der Waals surface area contributed by atoms with Crippen molar-refractivity contribution < 1.29 is 9.53 Å². The highest BCUT2D eigenvalue weighted by Crippen LogP contribution is 2.22. The number of nitrogens with one attached hydrogen (secondary N) is 2. The van der Waals surface area contributed by atoms with Crippen molar-refractivity contribution in [2.45, 2.75) is 17.3 Å². The number of carbonyl (C=O) groups is 1. The number of aromatic nitrogens is 2. The van der Waals surface area contributed by atoms with Crippen molar-refractivity contribution in [1.82, 2.24) is 15.3 Å². The highest BCUT2D eigenvalue weighted by molar-refractivity contribution is 7.98. The van der Waals surface area contributed by atoms with E-state index in [2.05, 4.69) is 25.5 Å². The lowest BCUT2D eigenvalue weighted by Crippen LogP contribution is -2.36. The van der Waals surface area contributed by atoms with Crippen LogP contribution in [0.5, 0.6) is 0 Å². The Hall–Kier alpha value is -3.10. The zero-order chi connectivity index (χ0) is 21.3. The van der Waals surface area contributed by atoms with Gasteiger partial charge >= 0.3 is 6.03 Å². The molecule has 31 heavy (non-hydrogen) atoms. The third kappa shape index (κ3) is 6.44. The highest BCUT2D eigenvalue weighted by Gasteiger charge is 2.12. The van der Waals surface area contributed by atoms with Gasteiger partial charge in [-0.15, -0.1) is 11.8 Å². The van der Waals surface area contributed by atoms with Crippen molar-refractivity contribution in [3.63, 3.8) is 0 Å². The molecule has 1 fully saturated rings. The van der Waals surface area contributed by atoms with Gasteiger partial charge in [-0.2, -0.15) is 0 Å². The van der Waals surface area contributed by atoms with Crippen molar-refractivity contribution in [3.05, 3.63) is 78.1 Å². The molecule has 2 amide bonds. The average molecular weight is 436 g/mol. The molecule has 0 bridgehead atoms. The minimum Gasteiger partial charge on any atom is -0.378 e. The standard InChI is InChI=1S/C23H25N5O2S/c29-23(26-16-18-7-9-24-21(15-18)28-10-12-30-13-11-28)27-20-5-3-4-19(14-20)17-31-22-6-1-2-8-25-22/h1-9,14-15H,10-13,16-17H2,(H2,26,27,29). The zero-order valence-corrected chi connectivity index (χ0v) is 18.0. The van der Waals surface area contributed by atoms with Gasteiger partial charge in [0.15, 0.2) is 0 Å². The first-order valence-electron chi connectivity index (χ1n) is 10.2. The second kappa shape index (κ2) is 10.8. The van der Waals surface area contributed by atoms with Crippen LogP contribution in [0.2, 0.25) is 0 Å². The summed E-state index contributed by atoms with van der Waals surface area (Å²) < 4.78 is 5.39. The zero-order valence-electron chi connectivity index (χ0n) is 17.2. The molecular formula is C23H25N5O2S. The lowest BCUT2D eigenvalue weighted by molar-refractivity contribution is 0.122. The first-order valence-corrected chi connectivity index (χ1v) is 11.2. The quantitative estimate of drug-likeness (QED) is 0.548. The highest BCUT2D eigenvalue weighted by atomic mass is 32.2. The van der Waals surface area contributed by atoms with E-state index in [1.165, 1.54) is 0 Å². The summed E-state index contributed by atoms with van der Waals surface area (Å²) in [6, 6.07) is 17.4. The molecule has 0 aliphatic carbocycles. The van der Waals surface area contributed by atoms with Gasteiger partial charge in [-0.25, -0.2) is 14.8 Å². The van der Waals surface area contributed by atoms with Gasteiger partial charge in [0.05, 0.1) is 18.2 Å². The molecule has 2 aromatic heterocycles. The van der Waals surface area contributed by atoms with Crippen LogP contribution in [-0.4, -0.2) is 42.3 Å². The van der Waals surface area contributed by atoms with Crippen LogP contribution in [0.25, 0.3) is 0 Å². The topological polar surface area (TPSA) is 79.4 Å². The van der Waals surface area contributed by atoms with E-state index in [1.807, 2.05) is 54.6 Å². The predicted octanol–water partition coefficient (Wildman–Crippen LogP) is 3.93. The van der Waals surface area contributed by atoms with E-state index in [-0.39, 0.29) is 6.03 Å². The summed E-state index contributed by atoms with van der Waals surface area (Å²) in [6.45, 7) is 3.53. The fourth-order valence-corrected chi connectivity index (χ4v) is 4.03. The van der Waals surface area contributed by atoms with Crippen LogP contribution in [0, 0.1) is 0 Å². The molecule has 4 rings (SSSR count). The maximum Gasteiger partial charge on any atom is 0.319 e. The van der Waals surface area contributed by atoms with Gasteiger partial charge in [-0.3, -0.25) is 0 Å². The van der Waals surface area contributed by atoms with Gasteiger partial charge < -0.3 is 20.3 Å². The fraction of sp³-hybridized carbons (Fsp3) is 0.261. The third-order valence-corrected chi connectivity index (χ3v) is 5.82. The molecule has 8 heteroatoms. The van der Waals surface area contributed by atoms with Gasteiger partial charge in [-0.1, -0.05) is 18.2 Å². The molecule has 2 N–H and O–H groups in total. The van der Waals surface area contributed by atoms with Crippen LogP contribution in [-0.2, 0) is 17.0 Å². The van der Waals surface area contributed by atoms with Crippen LogP contribution >= 0.6 is 11.8 Å². The number of benzene rings is 1. The van der Waals surface area contributed by atoms with Crippen molar-refractivity contribution >= 4 is 29.3 Å². The third-order valence-electron chi connectivity index (χ3n) is 4.81. The number of pyridine rings is 2. The Balaban J connectivity index is 1.28. The summed E-state index contributed by atoms with van der Waals surface area (Å²) in [7, 11) is 0. The number of amides is 2. The van der Waals surface area contributed by atoms with Crippen LogP contribution < -0.4 is 15.5 Å². The van der Waals surface area contributed by atoms with Crippen LogP contribution in [0.15, 0.2) is 72.0 Å². The smallest absolute Gasteiger partial charge is 0.319 e. The molecule has 0 saturated carbocycles. The summed E-state index contributed by atoms with van der Waals surface area (Å²) in [5.74, 6) is 1.70. The minimum atomic E-state index is -0.237.